The van der Waals surface area contributed by atoms with Gasteiger partial charge in [0, 0.05) is 11.2 Å². The zero-order valence-corrected chi connectivity index (χ0v) is 13.0. The Morgan fingerprint density at radius 1 is 1.35 bits per heavy atom. The van der Waals surface area contributed by atoms with Crippen LogP contribution in [0.3, 0.4) is 0 Å². The summed E-state index contributed by atoms with van der Waals surface area (Å²) in [7, 11) is 0. The minimum Gasteiger partial charge on any atom is -0.462 e. The van der Waals surface area contributed by atoms with Crippen LogP contribution in [0.4, 0.5) is 0 Å². The maximum absolute atomic E-state index is 12.3. The summed E-state index contributed by atoms with van der Waals surface area (Å²) in [6, 6.07) is 8.57. The average molecular weight is 318 g/mol. The van der Waals surface area contributed by atoms with Gasteiger partial charge in [0.2, 0.25) is 0 Å². The van der Waals surface area contributed by atoms with Crippen molar-refractivity contribution in [2.75, 3.05) is 0 Å². The number of para-hydroxylation sites is 1. The molecule has 1 fully saturated rings. The summed E-state index contributed by atoms with van der Waals surface area (Å²) in [5, 5.41) is 2.62. The van der Waals surface area contributed by atoms with Gasteiger partial charge in [-0.1, -0.05) is 18.2 Å². The molecule has 20 heavy (non-hydrogen) atoms. The summed E-state index contributed by atoms with van der Waals surface area (Å²) >= 11 is 5.89. The van der Waals surface area contributed by atoms with E-state index in [2.05, 4.69) is 5.09 Å². The molecule has 0 saturated heterocycles. The van der Waals surface area contributed by atoms with Crippen molar-refractivity contribution < 1.29 is 18.6 Å². The van der Waals surface area contributed by atoms with Gasteiger partial charge in [0.15, 0.2) is 0 Å². The Kier molecular flexibility index (Phi) is 4.43. The summed E-state index contributed by atoms with van der Waals surface area (Å²) < 4.78 is 22.6. The molecule has 1 atom stereocenters. The van der Waals surface area contributed by atoms with Crippen molar-refractivity contribution in [3.63, 3.8) is 0 Å². The Labute approximate surface area is 122 Å². The van der Waals surface area contributed by atoms with Crippen molar-refractivity contribution in [2.24, 2.45) is 0 Å². The molecule has 1 unspecified atom stereocenters. The molecule has 2 rings (SSSR count). The molecule has 0 heterocycles. The molecule has 7 heteroatoms. The standard InChI is InChI=1S/C13H17ClNO4P/c1-10(2)18-12(16)13(8-9-13)15-20(14,17)19-11-6-4-3-5-7-11/h3-7,10H,8-9H2,1-2H3,(H,15,17). The van der Waals surface area contributed by atoms with E-state index >= 15 is 0 Å². The zero-order chi connectivity index (χ0) is 14.8. The van der Waals surface area contributed by atoms with Gasteiger partial charge >= 0.3 is 12.8 Å². The van der Waals surface area contributed by atoms with Crippen molar-refractivity contribution in [3.8, 4) is 5.75 Å². The van der Waals surface area contributed by atoms with E-state index in [0.29, 0.717) is 18.6 Å². The van der Waals surface area contributed by atoms with Crippen molar-refractivity contribution in [3.05, 3.63) is 30.3 Å². The molecule has 1 aliphatic carbocycles. The third-order valence-electron chi connectivity index (χ3n) is 2.80. The summed E-state index contributed by atoms with van der Waals surface area (Å²) in [6.45, 7) is -0.132. The van der Waals surface area contributed by atoms with Crippen LogP contribution in [0.1, 0.15) is 26.7 Å². The molecule has 0 radical (unpaired) electrons. The molecular formula is C13H17ClNO4P. The van der Waals surface area contributed by atoms with Crippen LogP contribution < -0.4 is 9.61 Å². The molecule has 1 saturated carbocycles. The number of halogens is 1. The molecular weight excluding hydrogens is 301 g/mol. The van der Waals surface area contributed by atoms with Crippen LogP contribution in [-0.2, 0) is 14.1 Å². The quantitative estimate of drug-likeness (QED) is 0.642. The molecule has 1 aromatic carbocycles. The fraction of sp³-hybridized carbons (Fsp3) is 0.462. The second kappa shape index (κ2) is 5.76. The van der Waals surface area contributed by atoms with E-state index in [0.717, 1.165) is 0 Å². The molecule has 0 amide bonds. The predicted octanol–water partition coefficient (Wildman–Crippen LogP) is 3.49. The van der Waals surface area contributed by atoms with Crippen molar-refractivity contribution in [1.82, 2.24) is 5.09 Å². The lowest BCUT2D eigenvalue weighted by atomic mass is 10.3. The zero-order valence-electron chi connectivity index (χ0n) is 11.3. The maximum Gasteiger partial charge on any atom is 0.410 e. The SMILES string of the molecule is CC(C)OC(=O)C1(NP(=O)(Cl)Oc2ccccc2)CC1. The minimum atomic E-state index is -3.65. The Balaban J connectivity index is 2.01. The highest BCUT2D eigenvalue weighted by Gasteiger charge is 2.55. The number of carbonyl (C=O) groups excluding carboxylic acids is 1. The Bertz CT molecular complexity index is 530. The molecule has 0 spiro atoms. The number of esters is 1. The van der Waals surface area contributed by atoms with E-state index in [1.54, 1.807) is 38.1 Å². The van der Waals surface area contributed by atoms with Gasteiger partial charge in [0.1, 0.15) is 11.3 Å². The lowest BCUT2D eigenvalue weighted by Crippen LogP contribution is -2.39. The van der Waals surface area contributed by atoms with E-state index < -0.39 is 18.4 Å². The summed E-state index contributed by atoms with van der Waals surface area (Å²) in [4.78, 5) is 11.9. The number of ether oxygens (including phenoxy) is 1. The summed E-state index contributed by atoms with van der Waals surface area (Å²) in [5.74, 6) is -0.0589. The van der Waals surface area contributed by atoms with Crippen LogP contribution in [0, 0.1) is 0 Å². The number of hydrogen-bond donors (Lipinski definition) is 1. The first kappa shape index (κ1) is 15.4. The maximum atomic E-state index is 12.3. The second-order valence-corrected chi connectivity index (χ2v) is 7.73. The molecule has 1 aliphatic rings. The van der Waals surface area contributed by atoms with Crippen molar-refractivity contribution >= 4 is 24.1 Å². The van der Waals surface area contributed by atoms with Crippen LogP contribution >= 0.6 is 18.1 Å². The predicted molar refractivity (Wildman–Crippen MR) is 76.9 cm³/mol. The largest absolute Gasteiger partial charge is 0.462 e. The first-order valence-corrected chi connectivity index (χ1v) is 8.91. The third-order valence-corrected chi connectivity index (χ3v) is 4.40. The van der Waals surface area contributed by atoms with Gasteiger partial charge < -0.3 is 9.26 Å². The fourth-order valence-electron chi connectivity index (χ4n) is 1.71. The number of hydrogen-bond acceptors (Lipinski definition) is 4. The molecule has 110 valence electrons. The van der Waals surface area contributed by atoms with Crippen LogP contribution in [0.25, 0.3) is 0 Å². The molecule has 5 nitrogen and oxygen atoms in total. The Morgan fingerprint density at radius 3 is 2.45 bits per heavy atom. The lowest BCUT2D eigenvalue weighted by molar-refractivity contribution is -0.150. The van der Waals surface area contributed by atoms with Gasteiger partial charge in [0.05, 0.1) is 6.10 Å². The average Bonchev–Trinajstić information content (AvgIpc) is 3.09. The molecule has 1 aromatic rings. The van der Waals surface area contributed by atoms with E-state index in [1.807, 2.05) is 6.07 Å². The van der Waals surface area contributed by atoms with E-state index in [4.69, 9.17) is 20.5 Å². The van der Waals surface area contributed by atoms with Crippen LogP contribution in [0.5, 0.6) is 5.75 Å². The normalized spacial score (nSPS) is 19.2. The first-order valence-electron chi connectivity index (χ1n) is 6.38. The number of nitrogens with one attached hydrogen (secondary N) is 1. The second-order valence-electron chi connectivity index (χ2n) is 5.03. The van der Waals surface area contributed by atoms with Gasteiger partial charge in [0.25, 0.3) is 0 Å². The van der Waals surface area contributed by atoms with E-state index in [1.165, 1.54) is 0 Å². The van der Waals surface area contributed by atoms with Gasteiger partial charge in [-0.25, -0.2) is 9.65 Å². The topological polar surface area (TPSA) is 64.6 Å². The third kappa shape index (κ3) is 3.98. The Hall–Kier alpha value is -1.03. The highest BCUT2D eigenvalue weighted by Crippen LogP contribution is 2.54. The molecule has 1 N–H and O–H groups in total. The van der Waals surface area contributed by atoms with Crippen LogP contribution in [-0.4, -0.2) is 17.6 Å². The van der Waals surface area contributed by atoms with Crippen molar-refractivity contribution in [1.29, 1.82) is 0 Å². The molecule has 0 bridgehead atoms. The number of benzene rings is 1. The van der Waals surface area contributed by atoms with Crippen LogP contribution in [0.2, 0.25) is 0 Å². The minimum absolute atomic E-state index is 0.230. The highest BCUT2D eigenvalue weighted by molar-refractivity contribution is 7.84. The van der Waals surface area contributed by atoms with E-state index in [-0.39, 0.29) is 6.10 Å². The lowest BCUT2D eigenvalue weighted by Gasteiger charge is -2.21. The van der Waals surface area contributed by atoms with E-state index in [9.17, 15) is 9.36 Å². The smallest absolute Gasteiger partial charge is 0.410 e. The first-order chi connectivity index (χ1) is 9.33. The van der Waals surface area contributed by atoms with Gasteiger partial charge in [-0.2, -0.15) is 0 Å². The fourth-order valence-corrected chi connectivity index (χ4v) is 3.70. The highest BCUT2D eigenvalue weighted by atomic mass is 35.7. The van der Waals surface area contributed by atoms with Gasteiger partial charge in [-0.3, -0.25) is 4.79 Å². The van der Waals surface area contributed by atoms with Gasteiger partial charge in [-0.15, -0.1) is 0 Å². The monoisotopic (exact) mass is 317 g/mol. The molecule has 0 aliphatic heterocycles. The van der Waals surface area contributed by atoms with Gasteiger partial charge in [-0.05, 0) is 38.8 Å². The number of carbonyl (C=O) groups is 1. The summed E-state index contributed by atoms with van der Waals surface area (Å²) in [6.07, 6.45) is 0.840. The summed E-state index contributed by atoms with van der Waals surface area (Å²) in [5.41, 5.74) is -0.976. The molecule has 0 aromatic heterocycles. The Morgan fingerprint density at radius 2 is 1.95 bits per heavy atom. The van der Waals surface area contributed by atoms with Crippen molar-refractivity contribution in [2.45, 2.75) is 38.3 Å². The number of rotatable bonds is 6. The van der Waals surface area contributed by atoms with Crippen LogP contribution in [0.15, 0.2) is 30.3 Å².